The molecule has 3 heterocycles. The number of likely N-dealkylation sites (N-methyl/N-ethyl adjacent to an activating group) is 1. The number of hydrogen-bond acceptors (Lipinski definition) is 4. The van der Waals surface area contributed by atoms with Gasteiger partial charge in [-0.15, -0.1) is 0 Å². The lowest BCUT2D eigenvalue weighted by atomic mass is 9.99. The zero-order chi connectivity index (χ0) is 24.7. The highest BCUT2D eigenvalue weighted by Gasteiger charge is 2.27. The SMILES string of the molecule is CN(C(=O)c1cc(-c2ccc(C#N)c(F)c2)c(-c2ccc3nn(C)cc3c2)n1C)C1CCCNC1. The Morgan fingerprint density at radius 2 is 2.00 bits per heavy atom. The highest BCUT2D eigenvalue weighted by atomic mass is 19.1. The van der Waals surface area contributed by atoms with Gasteiger partial charge in [0.2, 0.25) is 0 Å². The van der Waals surface area contributed by atoms with Gasteiger partial charge < -0.3 is 14.8 Å². The Labute approximate surface area is 203 Å². The molecule has 2 aromatic carbocycles. The summed E-state index contributed by atoms with van der Waals surface area (Å²) in [5, 5.41) is 18.0. The highest BCUT2D eigenvalue weighted by Crippen LogP contribution is 2.37. The van der Waals surface area contributed by atoms with Gasteiger partial charge in [0.25, 0.3) is 5.91 Å². The molecule has 35 heavy (non-hydrogen) atoms. The van der Waals surface area contributed by atoms with Crippen LogP contribution >= 0.6 is 0 Å². The number of nitrogens with one attached hydrogen (secondary N) is 1. The molecule has 0 aliphatic carbocycles. The first-order valence-electron chi connectivity index (χ1n) is 11.7. The van der Waals surface area contributed by atoms with Gasteiger partial charge in [0.1, 0.15) is 17.6 Å². The van der Waals surface area contributed by atoms with Crippen molar-refractivity contribution in [3.05, 3.63) is 65.7 Å². The fourth-order valence-corrected chi connectivity index (χ4v) is 4.96. The second-order valence-electron chi connectivity index (χ2n) is 9.15. The molecule has 0 bridgehead atoms. The molecule has 1 unspecified atom stereocenters. The van der Waals surface area contributed by atoms with Crippen LogP contribution in [0.25, 0.3) is 33.3 Å². The molecule has 1 N–H and O–H groups in total. The number of carbonyl (C=O) groups excluding carboxylic acids is 1. The van der Waals surface area contributed by atoms with Crippen LogP contribution in [0.1, 0.15) is 28.9 Å². The van der Waals surface area contributed by atoms with Crippen LogP contribution in [0.4, 0.5) is 4.39 Å². The molecule has 1 atom stereocenters. The van der Waals surface area contributed by atoms with E-state index in [0.717, 1.165) is 53.7 Å². The van der Waals surface area contributed by atoms with E-state index < -0.39 is 5.82 Å². The summed E-state index contributed by atoms with van der Waals surface area (Å²) in [6.07, 6.45) is 3.93. The summed E-state index contributed by atoms with van der Waals surface area (Å²) >= 11 is 0. The molecule has 1 saturated heterocycles. The van der Waals surface area contributed by atoms with E-state index in [0.29, 0.717) is 11.3 Å². The normalized spacial score (nSPS) is 15.8. The maximum absolute atomic E-state index is 14.6. The zero-order valence-corrected chi connectivity index (χ0v) is 20.0. The smallest absolute Gasteiger partial charge is 0.270 e. The maximum Gasteiger partial charge on any atom is 0.270 e. The number of halogens is 1. The van der Waals surface area contributed by atoms with Crippen LogP contribution in [0.5, 0.6) is 0 Å². The lowest BCUT2D eigenvalue weighted by molar-refractivity contribution is 0.0699. The van der Waals surface area contributed by atoms with Crippen LogP contribution in [-0.2, 0) is 14.1 Å². The van der Waals surface area contributed by atoms with E-state index in [1.165, 1.54) is 12.1 Å². The molecule has 178 valence electrons. The van der Waals surface area contributed by atoms with Gasteiger partial charge in [-0.1, -0.05) is 12.1 Å². The number of fused-ring (bicyclic) bond motifs is 1. The van der Waals surface area contributed by atoms with Gasteiger partial charge >= 0.3 is 0 Å². The van der Waals surface area contributed by atoms with Crippen molar-refractivity contribution in [2.75, 3.05) is 20.1 Å². The number of amides is 1. The minimum absolute atomic E-state index is 0.0103. The predicted octanol–water partition coefficient (Wildman–Crippen LogP) is 4.08. The molecule has 1 aliphatic rings. The summed E-state index contributed by atoms with van der Waals surface area (Å²) in [7, 11) is 5.59. The van der Waals surface area contributed by atoms with Gasteiger partial charge in [0.15, 0.2) is 0 Å². The molecule has 0 saturated carbocycles. The van der Waals surface area contributed by atoms with Gasteiger partial charge in [-0.25, -0.2) is 4.39 Å². The Kier molecular flexibility index (Phi) is 5.87. The van der Waals surface area contributed by atoms with Crippen LogP contribution in [0.2, 0.25) is 0 Å². The Hall–Kier alpha value is -3.96. The molecule has 1 amide bonds. The summed E-state index contributed by atoms with van der Waals surface area (Å²) in [5.74, 6) is -0.661. The Balaban J connectivity index is 1.66. The van der Waals surface area contributed by atoms with Crippen molar-refractivity contribution in [2.45, 2.75) is 18.9 Å². The van der Waals surface area contributed by atoms with E-state index >= 15 is 0 Å². The standard InChI is InChI=1S/C27H27FN6O/c1-32-16-20-11-18(8-9-24(20)31-32)26-22(17-6-7-19(14-29)23(28)12-17)13-25(34(26)3)27(35)33(2)21-5-4-10-30-15-21/h6-9,11-13,16,21,30H,4-5,10,15H2,1-3H3. The third-order valence-electron chi connectivity index (χ3n) is 6.88. The molecule has 0 radical (unpaired) electrons. The second kappa shape index (κ2) is 9.01. The molecular weight excluding hydrogens is 443 g/mol. The zero-order valence-electron chi connectivity index (χ0n) is 20.0. The van der Waals surface area contributed by atoms with Gasteiger partial charge in [0, 0.05) is 50.9 Å². The number of nitriles is 1. The Bertz CT molecular complexity index is 1470. The van der Waals surface area contributed by atoms with E-state index in [-0.39, 0.29) is 17.5 Å². The summed E-state index contributed by atoms with van der Waals surface area (Å²) in [6.45, 7) is 1.74. The maximum atomic E-state index is 14.6. The van der Waals surface area contributed by atoms with E-state index in [4.69, 9.17) is 5.26 Å². The molecule has 7 nitrogen and oxygen atoms in total. The number of nitrogens with zero attached hydrogens (tertiary/aromatic N) is 5. The minimum Gasteiger partial charge on any atom is -0.339 e. The number of aryl methyl sites for hydroxylation is 1. The Morgan fingerprint density at radius 1 is 1.20 bits per heavy atom. The first-order chi connectivity index (χ1) is 16.9. The first kappa shape index (κ1) is 22.8. The summed E-state index contributed by atoms with van der Waals surface area (Å²) in [5.41, 5.74) is 4.43. The lowest BCUT2D eigenvalue weighted by Crippen LogP contribution is -2.47. The quantitative estimate of drug-likeness (QED) is 0.488. The Morgan fingerprint density at radius 3 is 2.71 bits per heavy atom. The molecular formula is C27H27FN6O. The third kappa shape index (κ3) is 4.08. The third-order valence-corrected chi connectivity index (χ3v) is 6.88. The molecule has 0 spiro atoms. The van der Waals surface area contributed by atoms with Gasteiger partial charge in [0.05, 0.1) is 16.8 Å². The van der Waals surface area contributed by atoms with Crippen molar-refractivity contribution >= 4 is 16.8 Å². The van der Waals surface area contributed by atoms with Crippen LogP contribution in [0.3, 0.4) is 0 Å². The van der Waals surface area contributed by atoms with E-state index in [1.807, 2.05) is 62.2 Å². The van der Waals surface area contributed by atoms with E-state index in [2.05, 4.69) is 10.4 Å². The number of benzene rings is 2. The van der Waals surface area contributed by atoms with Crippen molar-refractivity contribution in [1.82, 2.24) is 24.6 Å². The second-order valence-corrected chi connectivity index (χ2v) is 9.15. The van der Waals surface area contributed by atoms with E-state index in [1.54, 1.807) is 15.6 Å². The summed E-state index contributed by atoms with van der Waals surface area (Å²) in [6, 6.07) is 14.3. The first-order valence-corrected chi connectivity index (χ1v) is 11.7. The minimum atomic E-state index is -0.583. The van der Waals surface area contributed by atoms with Crippen LogP contribution in [-0.4, -0.2) is 51.3 Å². The number of aromatic nitrogens is 3. The van der Waals surface area contributed by atoms with Crippen LogP contribution < -0.4 is 5.32 Å². The van der Waals surface area contributed by atoms with Crippen LogP contribution in [0, 0.1) is 17.1 Å². The molecule has 2 aromatic heterocycles. The average Bonchev–Trinajstić information content (AvgIpc) is 3.41. The fraction of sp³-hybridized carbons (Fsp3) is 0.296. The van der Waals surface area contributed by atoms with Gasteiger partial charge in [-0.05, 0) is 60.8 Å². The summed E-state index contributed by atoms with van der Waals surface area (Å²) in [4.78, 5) is 15.4. The predicted molar refractivity (Wildman–Crippen MR) is 133 cm³/mol. The van der Waals surface area contributed by atoms with Crippen LogP contribution in [0.15, 0.2) is 48.7 Å². The highest BCUT2D eigenvalue weighted by molar-refractivity contribution is 5.98. The van der Waals surface area contributed by atoms with Gasteiger partial charge in [-0.3, -0.25) is 9.48 Å². The molecule has 1 fully saturated rings. The van der Waals surface area contributed by atoms with Crippen molar-refractivity contribution < 1.29 is 9.18 Å². The lowest BCUT2D eigenvalue weighted by Gasteiger charge is -2.31. The van der Waals surface area contributed by atoms with E-state index in [9.17, 15) is 9.18 Å². The molecule has 5 rings (SSSR count). The number of carbonyl (C=O) groups is 1. The monoisotopic (exact) mass is 470 g/mol. The number of rotatable bonds is 4. The number of piperidine rings is 1. The van der Waals surface area contributed by atoms with Gasteiger partial charge in [-0.2, -0.15) is 10.4 Å². The number of hydrogen-bond donors (Lipinski definition) is 1. The van der Waals surface area contributed by atoms with Crippen molar-refractivity contribution in [3.8, 4) is 28.5 Å². The molecule has 8 heteroatoms. The van der Waals surface area contributed by atoms with Crippen molar-refractivity contribution in [1.29, 1.82) is 5.26 Å². The van der Waals surface area contributed by atoms with Crippen molar-refractivity contribution in [2.24, 2.45) is 14.1 Å². The summed E-state index contributed by atoms with van der Waals surface area (Å²) < 4.78 is 18.2. The fourth-order valence-electron chi connectivity index (χ4n) is 4.96. The average molecular weight is 471 g/mol. The molecule has 4 aromatic rings. The molecule has 1 aliphatic heterocycles. The topological polar surface area (TPSA) is 78.9 Å². The van der Waals surface area contributed by atoms with Crippen molar-refractivity contribution in [3.63, 3.8) is 0 Å². The largest absolute Gasteiger partial charge is 0.339 e.